The van der Waals surface area contributed by atoms with E-state index < -0.39 is 11.7 Å². The lowest BCUT2D eigenvalue weighted by atomic mass is 9.79. The fourth-order valence-corrected chi connectivity index (χ4v) is 2.44. The van der Waals surface area contributed by atoms with Crippen molar-refractivity contribution < 1.29 is 14.3 Å². The maximum atomic E-state index is 11.4. The molecule has 5 nitrogen and oxygen atoms in total. The Labute approximate surface area is 98.2 Å². The van der Waals surface area contributed by atoms with Crippen LogP contribution < -0.4 is 10.5 Å². The highest BCUT2D eigenvalue weighted by atomic mass is 16.6. The first-order chi connectivity index (χ1) is 8.14. The molecule has 1 aromatic carbocycles. The van der Waals surface area contributed by atoms with Gasteiger partial charge < -0.3 is 15.2 Å². The molecule has 1 amide bonds. The molecule has 0 radical (unpaired) electrons. The number of carbonyl (C=O) groups is 1. The third-order valence-corrected chi connectivity index (χ3v) is 3.31. The van der Waals surface area contributed by atoms with Gasteiger partial charge in [-0.15, -0.1) is 0 Å². The Kier molecular flexibility index (Phi) is 1.92. The van der Waals surface area contributed by atoms with Gasteiger partial charge in [0.05, 0.1) is 6.61 Å². The predicted octanol–water partition coefficient (Wildman–Crippen LogP) is 1.42. The van der Waals surface area contributed by atoms with Crippen LogP contribution in [0.2, 0.25) is 0 Å². The van der Waals surface area contributed by atoms with Crippen molar-refractivity contribution in [3.63, 3.8) is 0 Å². The summed E-state index contributed by atoms with van der Waals surface area (Å²) in [6.45, 7) is 2.37. The second kappa shape index (κ2) is 3.23. The Bertz CT molecular complexity index is 526. The van der Waals surface area contributed by atoms with Gasteiger partial charge >= 0.3 is 6.09 Å². The molecular formula is C12H12N2O3. The summed E-state index contributed by atoms with van der Waals surface area (Å²) in [5, 5.41) is 0. The monoisotopic (exact) mass is 232 g/mol. The molecule has 5 heteroatoms. The van der Waals surface area contributed by atoms with E-state index >= 15 is 0 Å². The molecule has 2 heterocycles. The van der Waals surface area contributed by atoms with Crippen LogP contribution in [0.1, 0.15) is 12.5 Å². The molecule has 0 aromatic heterocycles. The van der Waals surface area contributed by atoms with Crippen molar-refractivity contribution in [1.82, 2.24) is 0 Å². The number of amides is 1. The third-order valence-electron chi connectivity index (χ3n) is 3.31. The lowest BCUT2D eigenvalue weighted by Crippen LogP contribution is -2.50. The smallest absolute Gasteiger partial charge is 0.436 e. The summed E-state index contributed by atoms with van der Waals surface area (Å²) >= 11 is 0. The Hall–Kier alpha value is -2.04. The first-order valence-corrected chi connectivity index (χ1v) is 5.44. The molecule has 2 atom stereocenters. The molecule has 2 aliphatic heterocycles. The Morgan fingerprint density at radius 2 is 2.24 bits per heavy atom. The summed E-state index contributed by atoms with van der Waals surface area (Å²) < 4.78 is 11.0. The van der Waals surface area contributed by atoms with Crippen LogP contribution in [0.5, 0.6) is 5.75 Å². The maximum Gasteiger partial charge on any atom is 0.436 e. The fourth-order valence-electron chi connectivity index (χ4n) is 2.44. The second-order valence-electron chi connectivity index (χ2n) is 4.31. The lowest BCUT2D eigenvalue weighted by molar-refractivity contribution is 0.00328. The molecule has 2 N–H and O–H groups in total. The minimum absolute atomic E-state index is 0.0624. The summed E-state index contributed by atoms with van der Waals surface area (Å²) in [7, 11) is 0. The molecule has 1 spiro atoms. The van der Waals surface area contributed by atoms with E-state index in [9.17, 15) is 4.79 Å². The van der Waals surface area contributed by atoms with E-state index in [4.69, 9.17) is 15.2 Å². The standard InChI is InChI=1S/C12H12N2O3/c1-7-6-16-9-5-3-2-4-8(9)12(7)10(13)14-11(15)17-12/h2-5,7H,6H2,1H3,(H2,13,14,15). The average Bonchev–Trinajstić information content (AvgIpc) is 2.61. The van der Waals surface area contributed by atoms with Gasteiger partial charge in [0.25, 0.3) is 0 Å². The number of hydrogen-bond donors (Lipinski definition) is 1. The minimum atomic E-state index is -0.952. The number of para-hydroxylation sites is 1. The van der Waals surface area contributed by atoms with E-state index in [-0.39, 0.29) is 11.8 Å². The van der Waals surface area contributed by atoms with E-state index in [1.54, 1.807) is 0 Å². The zero-order valence-electron chi connectivity index (χ0n) is 9.34. The van der Waals surface area contributed by atoms with E-state index in [0.29, 0.717) is 12.4 Å². The van der Waals surface area contributed by atoms with Crippen molar-refractivity contribution in [3.05, 3.63) is 29.8 Å². The largest absolute Gasteiger partial charge is 0.493 e. The molecule has 17 heavy (non-hydrogen) atoms. The van der Waals surface area contributed by atoms with Crippen molar-refractivity contribution in [3.8, 4) is 5.75 Å². The summed E-state index contributed by atoms with van der Waals surface area (Å²) in [4.78, 5) is 15.0. The zero-order chi connectivity index (χ0) is 12.0. The minimum Gasteiger partial charge on any atom is -0.493 e. The molecule has 0 saturated carbocycles. The molecule has 0 aliphatic carbocycles. The number of nitrogens with two attached hydrogens (primary N) is 1. The number of nitrogens with zero attached hydrogens (tertiary/aromatic N) is 1. The number of carbonyl (C=O) groups excluding carboxylic acids is 1. The van der Waals surface area contributed by atoms with Gasteiger partial charge in [-0.25, -0.2) is 4.79 Å². The number of benzene rings is 1. The molecule has 0 fully saturated rings. The lowest BCUT2D eigenvalue weighted by Gasteiger charge is -2.38. The predicted molar refractivity (Wildman–Crippen MR) is 60.9 cm³/mol. The molecule has 88 valence electrons. The van der Waals surface area contributed by atoms with Crippen molar-refractivity contribution in [2.24, 2.45) is 16.6 Å². The van der Waals surface area contributed by atoms with Crippen LogP contribution in [0, 0.1) is 5.92 Å². The maximum absolute atomic E-state index is 11.4. The highest BCUT2D eigenvalue weighted by molar-refractivity contribution is 6.03. The second-order valence-corrected chi connectivity index (χ2v) is 4.31. The fraction of sp³-hybridized carbons (Fsp3) is 0.333. The highest BCUT2D eigenvalue weighted by Crippen LogP contribution is 2.45. The van der Waals surface area contributed by atoms with Crippen molar-refractivity contribution in [2.75, 3.05) is 6.61 Å². The summed E-state index contributed by atoms with van der Waals surface area (Å²) in [5.41, 5.74) is 5.71. The van der Waals surface area contributed by atoms with Crippen LogP contribution in [0.3, 0.4) is 0 Å². The van der Waals surface area contributed by atoms with Gasteiger partial charge in [0.15, 0.2) is 5.84 Å². The molecule has 3 rings (SSSR count). The quantitative estimate of drug-likeness (QED) is 0.734. The van der Waals surface area contributed by atoms with Gasteiger partial charge in [0.2, 0.25) is 5.60 Å². The van der Waals surface area contributed by atoms with Gasteiger partial charge in [-0.1, -0.05) is 25.1 Å². The Balaban J connectivity index is 2.23. The first-order valence-electron chi connectivity index (χ1n) is 5.44. The van der Waals surface area contributed by atoms with Crippen LogP contribution >= 0.6 is 0 Å². The van der Waals surface area contributed by atoms with Crippen LogP contribution in [0.15, 0.2) is 29.3 Å². The van der Waals surface area contributed by atoms with Crippen molar-refractivity contribution >= 4 is 11.9 Å². The number of fused-ring (bicyclic) bond motifs is 2. The molecule has 2 aliphatic rings. The van der Waals surface area contributed by atoms with E-state index in [1.165, 1.54) is 0 Å². The Morgan fingerprint density at radius 1 is 1.47 bits per heavy atom. The Morgan fingerprint density at radius 3 is 2.94 bits per heavy atom. The van der Waals surface area contributed by atoms with E-state index in [1.807, 2.05) is 31.2 Å². The molecule has 0 bridgehead atoms. The molecule has 0 saturated heterocycles. The van der Waals surface area contributed by atoms with Gasteiger partial charge in [-0.3, -0.25) is 0 Å². The molecular weight excluding hydrogens is 220 g/mol. The van der Waals surface area contributed by atoms with Gasteiger partial charge in [0, 0.05) is 11.5 Å². The third kappa shape index (κ3) is 1.19. The SMILES string of the molecule is CC1COc2ccccc2C12OC(=O)N=C2N. The van der Waals surface area contributed by atoms with Crippen molar-refractivity contribution in [2.45, 2.75) is 12.5 Å². The highest BCUT2D eigenvalue weighted by Gasteiger charge is 2.53. The van der Waals surface area contributed by atoms with Gasteiger partial charge in [0.1, 0.15) is 5.75 Å². The number of hydrogen-bond acceptors (Lipinski definition) is 4. The van der Waals surface area contributed by atoms with E-state index in [0.717, 1.165) is 5.56 Å². The average molecular weight is 232 g/mol. The summed E-state index contributed by atoms with van der Waals surface area (Å²) in [5.74, 6) is 0.844. The summed E-state index contributed by atoms with van der Waals surface area (Å²) in [6, 6.07) is 7.42. The van der Waals surface area contributed by atoms with Crippen LogP contribution in [-0.4, -0.2) is 18.5 Å². The van der Waals surface area contributed by atoms with Crippen LogP contribution in [-0.2, 0) is 10.3 Å². The zero-order valence-corrected chi connectivity index (χ0v) is 9.34. The molecule has 2 unspecified atom stereocenters. The number of ether oxygens (including phenoxy) is 2. The van der Waals surface area contributed by atoms with Gasteiger partial charge in [-0.05, 0) is 6.07 Å². The van der Waals surface area contributed by atoms with Gasteiger partial charge in [-0.2, -0.15) is 4.99 Å². The normalized spacial score (nSPS) is 30.5. The van der Waals surface area contributed by atoms with Crippen LogP contribution in [0.4, 0.5) is 4.79 Å². The number of amidine groups is 1. The number of aliphatic imine (C=N–C) groups is 1. The number of rotatable bonds is 0. The molecule has 1 aromatic rings. The van der Waals surface area contributed by atoms with E-state index in [2.05, 4.69) is 4.99 Å². The first kappa shape index (κ1) is 10.1. The van der Waals surface area contributed by atoms with Crippen LogP contribution in [0.25, 0.3) is 0 Å². The topological polar surface area (TPSA) is 73.9 Å². The summed E-state index contributed by atoms with van der Waals surface area (Å²) in [6.07, 6.45) is -0.633. The van der Waals surface area contributed by atoms with Crippen molar-refractivity contribution in [1.29, 1.82) is 0 Å².